The number of carboxylic acids is 1. The maximum absolute atomic E-state index is 12.2. The highest BCUT2D eigenvalue weighted by atomic mass is 16.4. The van der Waals surface area contributed by atoms with Crippen LogP contribution in [0.15, 0.2) is 11.6 Å². The van der Waals surface area contributed by atoms with Crippen LogP contribution in [0.25, 0.3) is 0 Å². The van der Waals surface area contributed by atoms with Crippen molar-refractivity contribution in [1.82, 2.24) is 0 Å². The number of fused-ring (bicyclic) bond motifs is 1. The SMILES string of the molecule is CC1=CC(=O)CC2C1(C)CC(O)C(C)C2(C)CCC(C)CC(=O)O. The van der Waals surface area contributed by atoms with Gasteiger partial charge in [-0.25, -0.2) is 0 Å². The van der Waals surface area contributed by atoms with Crippen LogP contribution >= 0.6 is 0 Å². The molecule has 2 N–H and O–H groups in total. The van der Waals surface area contributed by atoms with Gasteiger partial charge in [0.05, 0.1) is 6.10 Å². The van der Waals surface area contributed by atoms with Gasteiger partial charge >= 0.3 is 5.97 Å². The molecule has 136 valence electrons. The Kier molecular flexibility index (Phi) is 5.29. The summed E-state index contributed by atoms with van der Waals surface area (Å²) in [4.78, 5) is 23.1. The Hall–Kier alpha value is -1.16. The fraction of sp³-hybridized carbons (Fsp3) is 0.800. The van der Waals surface area contributed by atoms with Crippen LogP contribution in [0.2, 0.25) is 0 Å². The highest BCUT2D eigenvalue weighted by Crippen LogP contribution is 2.61. The van der Waals surface area contributed by atoms with E-state index in [0.717, 1.165) is 18.4 Å². The van der Waals surface area contributed by atoms with Gasteiger partial charge in [-0.05, 0) is 60.8 Å². The van der Waals surface area contributed by atoms with Crippen molar-refractivity contribution in [3.8, 4) is 0 Å². The maximum Gasteiger partial charge on any atom is 0.303 e. The molecule has 24 heavy (non-hydrogen) atoms. The van der Waals surface area contributed by atoms with Crippen LogP contribution in [0, 0.1) is 28.6 Å². The minimum Gasteiger partial charge on any atom is -0.481 e. The van der Waals surface area contributed by atoms with Gasteiger partial charge in [-0.1, -0.05) is 33.3 Å². The fourth-order valence-corrected chi connectivity index (χ4v) is 5.16. The lowest BCUT2D eigenvalue weighted by molar-refractivity contribution is -0.139. The van der Waals surface area contributed by atoms with E-state index in [-0.39, 0.29) is 46.9 Å². The highest BCUT2D eigenvalue weighted by molar-refractivity contribution is 5.92. The van der Waals surface area contributed by atoms with Gasteiger partial charge in [0.2, 0.25) is 0 Å². The summed E-state index contributed by atoms with van der Waals surface area (Å²) in [6, 6.07) is 0. The number of allylic oxidation sites excluding steroid dienone is 2. The summed E-state index contributed by atoms with van der Waals surface area (Å²) < 4.78 is 0. The van der Waals surface area contributed by atoms with E-state index in [1.165, 1.54) is 0 Å². The molecule has 0 bridgehead atoms. The monoisotopic (exact) mass is 336 g/mol. The Morgan fingerprint density at radius 3 is 2.62 bits per heavy atom. The Bertz CT molecular complexity index is 552. The van der Waals surface area contributed by atoms with Crippen molar-refractivity contribution in [3.63, 3.8) is 0 Å². The van der Waals surface area contributed by atoms with Crippen LogP contribution < -0.4 is 0 Å². The molecule has 0 saturated heterocycles. The van der Waals surface area contributed by atoms with Crippen molar-refractivity contribution in [3.05, 3.63) is 11.6 Å². The van der Waals surface area contributed by atoms with Crippen LogP contribution in [0.1, 0.15) is 66.7 Å². The maximum atomic E-state index is 12.2. The largest absolute Gasteiger partial charge is 0.481 e. The predicted molar refractivity (Wildman–Crippen MR) is 93.5 cm³/mol. The Morgan fingerprint density at radius 1 is 1.42 bits per heavy atom. The van der Waals surface area contributed by atoms with Gasteiger partial charge in [-0.3, -0.25) is 9.59 Å². The first kappa shape index (κ1) is 19.2. The van der Waals surface area contributed by atoms with Crippen LogP contribution in [0.3, 0.4) is 0 Å². The van der Waals surface area contributed by atoms with Gasteiger partial charge in [-0.15, -0.1) is 0 Å². The number of ketones is 1. The first-order chi connectivity index (χ1) is 11.0. The van der Waals surface area contributed by atoms with Crippen LogP contribution in [0.5, 0.6) is 0 Å². The minimum absolute atomic E-state index is 0.103. The first-order valence-electron chi connectivity index (χ1n) is 9.12. The molecule has 6 atom stereocenters. The summed E-state index contributed by atoms with van der Waals surface area (Å²) in [5, 5.41) is 19.7. The smallest absolute Gasteiger partial charge is 0.303 e. The lowest BCUT2D eigenvalue weighted by Crippen LogP contribution is -2.56. The molecule has 4 heteroatoms. The molecule has 0 aromatic rings. The van der Waals surface area contributed by atoms with E-state index in [1.54, 1.807) is 6.08 Å². The Morgan fingerprint density at radius 2 is 2.04 bits per heavy atom. The Labute approximate surface area is 145 Å². The van der Waals surface area contributed by atoms with Crippen LogP contribution in [-0.4, -0.2) is 28.1 Å². The number of carboxylic acid groups (broad SMARTS) is 1. The zero-order valence-corrected chi connectivity index (χ0v) is 15.6. The predicted octanol–water partition coefficient (Wildman–Crippen LogP) is 3.83. The van der Waals surface area contributed by atoms with E-state index < -0.39 is 5.97 Å². The normalized spacial score (nSPS) is 40.7. The fourth-order valence-electron chi connectivity index (χ4n) is 5.16. The second-order valence-corrected chi connectivity index (χ2v) is 8.78. The quantitative estimate of drug-likeness (QED) is 0.800. The third-order valence-corrected chi connectivity index (χ3v) is 7.20. The second-order valence-electron chi connectivity index (χ2n) is 8.78. The standard InChI is InChI=1S/C20H32O4/c1-12(8-18(23)24)6-7-19(4)14(3)16(22)11-20(5)13(2)9-15(21)10-17(19)20/h9,12,14,16-17,22H,6-8,10-11H2,1-5H3,(H,23,24). The molecule has 6 unspecified atom stereocenters. The zero-order chi connectivity index (χ0) is 18.3. The molecule has 2 aliphatic rings. The molecule has 0 spiro atoms. The van der Waals surface area contributed by atoms with Crippen LogP contribution in [0.4, 0.5) is 0 Å². The van der Waals surface area contributed by atoms with Gasteiger partial charge in [0.15, 0.2) is 5.78 Å². The number of aliphatic hydroxyl groups excluding tert-OH is 1. The van der Waals surface area contributed by atoms with Crippen LogP contribution in [-0.2, 0) is 9.59 Å². The molecule has 1 fully saturated rings. The number of aliphatic carboxylic acids is 1. The van der Waals surface area contributed by atoms with Crippen molar-refractivity contribution in [2.24, 2.45) is 28.6 Å². The molecule has 0 aromatic carbocycles. The number of hydrogen-bond acceptors (Lipinski definition) is 3. The van der Waals surface area contributed by atoms with E-state index in [1.807, 2.05) is 13.8 Å². The second kappa shape index (κ2) is 6.62. The first-order valence-corrected chi connectivity index (χ1v) is 9.12. The van der Waals surface area contributed by atoms with Gasteiger partial charge < -0.3 is 10.2 Å². The molecule has 1 saturated carbocycles. The number of rotatable bonds is 5. The molecule has 0 aliphatic heterocycles. The number of hydrogen-bond donors (Lipinski definition) is 2. The summed E-state index contributed by atoms with van der Waals surface area (Å²) in [6.45, 7) is 10.5. The highest BCUT2D eigenvalue weighted by Gasteiger charge is 2.57. The third-order valence-electron chi connectivity index (χ3n) is 7.20. The van der Waals surface area contributed by atoms with Gasteiger partial charge in [-0.2, -0.15) is 0 Å². The van der Waals surface area contributed by atoms with E-state index >= 15 is 0 Å². The molecule has 0 amide bonds. The summed E-state index contributed by atoms with van der Waals surface area (Å²) in [7, 11) is 0. The van der Waals surface area contributed by atoms with Crippen molar-refractivity contribution in [1.29, 1.82) is 0 Å². The van der Waals surface area contributed by atoms with E-state index in [9.17, 15) is 14.7 Å². The zero-order valence-electron chi connectivity index (χ0n) is 15.6. The lowest BCUT2D eigenvalue weighted by atomic mass is 9.46. The summed E-state index contributed by atoms with van der Waals surface area (Å²) >= 11 is 0. The lowest BCUT2D eigenvalue weighted by Gasteiger charge is -2.59. The van der Waals surface area contributed by atoms with E-state index in [0.29, 0.717) is 12.8 Å². The summed E-state index contributed by atoms with van der Waals surface area (Å²) in [5.74, 6) is -0.166. The van der Waals surface area contributed by atoms with E-state index in [4.69, 9.17) is 5.11 Å². The van der Waals surface area contributed by atoms with Crippen molar-refractivity contribution in [2.75, 3.05) is 0 Å². The van der Waals surface area contributed by atoms with Gasteiger partial charge in [0.25, 0.3) is 0 Å². The third kappa shape index (κ3) is 3.30. The number of carbonyl (C=O) groups excluding carboxylic acids is 1. The average molecular weight is 336 g/mol. The average Bonchev–Trinajstić information content (AvgIpc) is 2.46. The van der Waals surface area contributed by atoms with Gasteiger partial charge in [0.1, 0.15) is 0 Å². The molecule has 0 aromatic heterocycles. The minimum atomic E-state index is -0.763. The molecular formula is C20H32O4. The molecular weight excluding hydrogens is 304 g/mol. The van der Waals surface area contributed by atoms with Crippen molar-refractivity contribution >= 4 is 11.8 Å². The summed E-state index contributed by atoms with van der Waals surface area (Å²) in [6.07, 6.45) is 4.44. The van der Waals surface area contributed by atoms with E-state index in [2.05, 4.69) is 20.8 Å². The number of aliphatic hydroxyl groups is 1. The van der Waals surface area contributed by atoms with Crippen molar-refractivity contribution in [2.45, 2.75) is 72.8 Å². The summed E-state index contributed by atoms with van der Waals surface area (Å²) in [5.41, 5.74) is 0.772. The topological polar surface area (TPSA) is 74.6 Å². The van der Waals surface area contributed by atoms with Crippen molar-refractivity contribution < 1.29 is 19.8 Å². The van der Waals surface area contributed by atoms with Gasteiger partial charge in [0, 0.05) is 12.8 Å². The molecule has 0 radical (unpaired) electrons. The number of carbonyl (C=O) groups is 2. The molecule has 4 nitrogen and oxygen atoms in total. The molecule has 2 aliphatic carbocycles. The molecule has 2 rings (SSSR count). The molecule has 0 heterocycles. The Balaban J connectivity index is 2.29.